The highest BCUT2D eigenvalue weighted by Crippen LogP contribution is 2.22. The lowest BCUT2D eigenvalue weighted by Gasteiger charge is -2.23. The summed E-state index contributed by atoms with van der Waals surface area (Å²) in [4.78, 5) is 2.42. The average molecular weight is 239 g/mol. The van der Waals surface area contributed by atoms with Gasteiger partial charge in [0, 0.05) is 30.2 Å². The molecule has 1 aromatic carbocycles. The lowest BCUT2D eigenvalue weighted by atomic mass is 10.1. The maximum Gasteiger partial charge on any atom is 0.0438 e. The molecule has 2 nitrogen and oxygen atoms in total. The number of aryl methyl sites for hydroxylation is 1. The SMILES string of the molecule is Cc1ccc(CN2CCC(N)C2C)cc1Cl. The van der Waals surface area contributed by atoms with Gasteiger partial charge in [-0.3, -0.25) is 4.90 Å². The predicted octanol–water partition coefficient (Wildman–Crippen LogP) is 2.57. The van der Waals surface area contributed by atoms with Gasteiger partial charge in [0.25, 0.3) is 0 Å². The minimum atomic E-state index is 0.320. The van der Waals surface area contributed by atoms with Gasteiger partial charge in [0.15, 0.2) is 0 Å². The van der Waals surface area contributed by atoms with Crippen LogP contribution in [0.5, 0.6) is 0 Å². The first-order chi connectivity index (χ1) is 7.58. The second kappa shape index (κ2) is 4.74. The number of benzene rings is 1. The van der Waals surface area contributed by atoms with Gasteiger partial charge >= 0.3 is 0 Å². The van der Waals surface area contributed by atoms with E-state index < -0.39 is 0 Å². The van der Waals surface area contributed by atoms with Gasteiger partial charge in [-0.05, 0) is 37.5 Å². The van der Waals surface area contributed by atoms with Crippen LogP contribution in [-0.4, -0.2) is 23.5 Å². The van der Waals surface area contributed by atoms with Crippen LogP contribution in [0.3, 0.4) is 0 Å². The van der Waals surface area contributed by atoms with E-state index in [4.69, 9.17) is 17.3 Å². The van der Waals surface area contributed by atoms with Crippen LogP contribution in [0.1, 0.15) is 24.5 Å². The molecule has 0 radical (unpaired) electrons. The number of rotatable bonds is 2. The highest BCUT2D eigenvalue weighted by Gasteiger charge is 2.27. The van der Waals surface area contributed by atoms with Gasteiger partial charge in [0.1, 0.15) is 0 Å². The molecular weight excluding hydrogens is 220 g/mol. The zero-order chi connectivity index (χ0) is 11.7. The third kappa shape index (κ3) is 2.40. The van der Waals surface area contributed by atoms with Crippen molar-refractivity contribution >= 4 is 11.6 Å². The van der Waals surface area contributed by atoms with Crippen LogP contribution in [0.2, 0.25) is 5.02 Å². The van der Waals surface area contributed by atoms with Gasteiger partial charge in [0.2, 0.25) is 0 Å². The first-order valence-corrected chi connectivity index (χ1v) is 6.20. The molecule has 1 aliphatic heterocycles. The van der Waals surface area contributed by atoms with Gasteiger partial charge in [-0.2, -0.15) is 0 Å². The monoisotopic (exact) mass is 238 g/mol. The fraction of sp³-hybridized carbons (Fsp3) is 0.538. The molecule has 1 aliphatic rings. The first kappa shape index (κ1) is 11.9. The van der Waals surface area contributed by atoms with Crippen molar-refractivity contribution in [3.8, 4) is 0 Å². The fourth-order valence-corrected chi connectivity index (χ4v) is 2.43. The van der Waals surface area contributed by atoms with E-state index in [1.165, 1.54) is 5.56 Å². The van der Waals surface area contributed by atoms with Crippen molar-refractivity contribution < 1.29 is 0 Å². The molecule has 0 bridgehead atoms. The molecule has 88 valence electrons. The summed E-state index contributed by atoms with van der Waals surface area (Å²) in [5.41, 5.74) is 8.42. The van der Waals surface area contributed by atoms with Gasteiger partial charge < -0.3 is 5.73 Å². The molecule has 0 amide bonds. The molecule has 16 heavy (non-hydrogen) atoms. The van der Waals surface area contributed by atoms with Crippen LogP contribution < -0.4 is 5.73 Å². The molecule has 1 saturated heterocycles. The van der Waals surface area contributed by atoms with Crippen molar-refractivity contribution in [3.05, 3.63) is 34.3 Å². The Labute approximate surface area is 102 Å². The maximum atomic E-state index is 6.12. The molecular formula is C13H19ClN2. The molecule has 0 spiro atoms. The summed E-state index contributed by atoms with van der Waals surface area (Å²) >= 11 is 6.12. The second-order valence-electron chi connectivity index (χ2n) is 4.75. The quantitative estimate of drug-likeness (QED) is 0.858. The predicted molar refractivity (Wildman–Crippen MR) is 68.7 cm³/mol. The van der Waals surface area contributed by atoms with E-state index in [1.54, 1.807) is 0 Å². The zero-order valence-electron chi connectivity index (χ0n) is 9.91. The normalized spacial score (nSPS) is 26.2. The van der Waals surface area contributed by atoms with Crippen molar-refractivity contribution in [2.24, 2.45) is 5.73 Å². The lowest BCUT2D eigenvalue weighted by molar-refractivity contribution is 0.251. The summed E-state index contributed by atoms with van der Waals surface area (Å²) in [6, 6.07) is 7.09. The summed E-state index contributed by atoms with van der Waals surface area (Å²) < 4.78 is 0. The summed E-state index contributed by atoms with van der Waals surface area (Å²) in [5.74, 6) is 0. The average Bonchev–Trinajstić information content (AvgIpc) is 2.55. The van der Waals surface area contributed by atoms with Crippen molar-refractivity contribution in [1.29, 1.82) is 0 Å². The summed E-state index contributed by atoms with van der Waals surface area (Å²) in [7, 11) is 0. The Bertz CT molecular complexity index is 378. The molecule has 2 atom stereocenters. The van der Waals surface area contributed by atoms with E-state index in [0.717, 1.165) is 30.1 Å². The molecule has 2 N–H and O–H groups in total. The maximum absolute atomic E-state index is 6.12. The van der Waals surface area contributed by atoms with E-state index >= 15 is 0 Å². The molecule has 0 aromatic heterocycles. The lowest BCUT2D eigenvalue weighted by Crippen LogP contribution is -2.36. The fourth-order valence-electron chi connectivity index (χ4n) is 2.22. The van der Waals surface area contributed by atoms with E-state index in [0.29, 0.717) is 12.1 Å². The Morgan fingerprint density at radius 3 is 2.81 bits per heavy atom. The number of hydrogen-bond donors (Lipinski definition) is 1. The highest BCUT2D eigenvalue weighted by atomic mass is 35.5. The molecule has 2 unspecified atom stereocenters. The van der Waals surface area contributed by atoms with E-state index in [-0.39, 0.29) is 0 Å². The van der Waals surface area contributed by atoms with E-state index in [1.807, 2.05) is 6.92 Å². The standard InChI is InChI=1S/C13H19ClN2/c1-9-3-4-11(7-12(9)14)8-16-6-5-13(15)10(16)2/h3-4,7,10,13H,5-6,8,15H2,1-2H3. The number of nitrogens with two attached hydrogens (primary N) is 1. The Balaban J connectivity index is 2.07. The third-order valence-electron chi connectivity index (χ3n) is 3.57. The number of likely N-dealkylation sites (tertiary alicyclic amines) is 1. The topological polar surface area (TPSA) is 29.3 Å². The van der Waals surface area contributed by atoms with Crippen LogP contribution in [0.25, 0.3) is 0 Å². The van der Waals surface area contributed by atoms with Crippen LogP contribution in [0.4, 0.5) is 0 Å². The number of hydrogen-bond acceptors (Lipinski definition) is 2. The van der Waals surface area contributed by atoms with Crippen molar-refractivity contribution in [3.63, 3.8) is 0 Å². The molecule has 0 saturated carbocycles. The van der Waals surface area contributed by atoms with Crippen LogP contribution in [0.15, 0.2) is 18.2 Å². The smallest absolute Gasteiger partial charge is 0.0438 e. The van der Waals surface area contributed by atoms with Gasteiger partial charge in [-0.25, -0.2) is 0 Å². The molecule has 2 rings (SSSR count). The van der Waals surface area contributed by atoms with Crippen LogP contribution in [0, 0.1) is 6.92 Å². The minimum absolute atomic E-state index is 0.320. The Morgan fingerprint density at radius 2 is 2.25 bits per heavy atom. The summed E-state index contributed by atoms with van der Waals surface area (Å²) in [6.07, 6.45) is 1.10. The highest BCUT2D eigenvalue weighted by molar-refractivity contribution is 6.31. The Morgan fingerprint density at radius 1 is 1.50 bits per heavy atom. The van der Waals surface area contributed by atoms with E-state index in [2.05, 4.69) is 30.0 Å². The second-order valence-corrected chi connectivity index (χ2v) is 5.15. The molecule has 3 heteroatoms. The Hall–Kier alpha value is -0.570. The minimum Gasteiger partial charge on any atom is -0.326 e. The van der Waals surface area contributed by atoms with Crippen LogP contribution >= 0.6 is 11.6 Å². The molecule has 1 heterocycles. The Kier molecular flexibility index (Phi) is 3.53. The van der Waals surface area contributed by atoms with Crippen molar-refractivity contribution in [2.75, 3.05) is 6.54 Å². The summed E-state index contributed by atoms with van der Waals surface area (Å²) in [6.45, 7) is 6.27. The van der Waals surface area contributed by atoms with Gasteiger partial charge in [-0.15, -0.1) is 0 Å². The number of halogens is 1. The molecule has 1 fully saturated rings. The zero-order valence-corrected chi connectivity index (χ0v) is 10.7. The number of nitrogens with zero attached hydrogens (tertiary/aromatic N) is 1. The van der Waals surface area contributed by atoms with Crippen molar-refractivity contribution in [2.45, 2.75) is 38.9 Å². The molecule has 0 aliphatic carbocycles. The van der Waals surface area contributed by atoms with Gasteiger partial charge in [0.05, 0.1) is 0 Å². The van der Waals surface area contributed by atoms with E-state index in [9.17, 15) is 0 Å². The molecule has 1 aromatic rings. The van der Waals surface area contributed by atoms with Crippen LogP contribution in [-0.2, 0) is 6.54 Å². The first-order valence-electron chi connectivity index (χ1n) is 5.82. The summed E-state index contributed by atoms with van der Waals surface area (Å²) in [5, 5.41) is 0.855. The largest absolute Gasteiger partial charge is 0.326 e. The third-order valence-corrected chi connectivity index (χ3v) is 3.97. The van der Waals surface area contributed by atoms with Gasteiger partial charge in [-0.1, -0.05) is 23.7 Å². The van der Waals surface area contributed by atoms with Crippen molar-refractivity contribution in [1.82, 2.24) is 4.90 Å².